The zero-order chi connectivity index (χ0) is 18.5. The first-order valence-corrected chi connectivity index (χ1v) is 9.35. The van der Waals surface area contributed by atoms with Gasteiger partial charge in [-0.3, -0.25) is 14.4 Å². The fraction of sp³-hybridized carbons (Fsp3) is 0.333. The monoisotopic (exact) mass is 372 g/mol. The zero-order valence-electron chi connectivity index (χ0n) is 14.2. The smallest absolute Gasteiger partial charge is 0.250 e. The quantitative estimate of drug-likeness (QED) is 0.723. The Labute approximate surface area is 155 Å². The minimum atomic E-state index is -0.605. The van der Waals surface area contributed by atoms with E-state index in [1.54, 1.807) is 29.6 Å². The molecule has 3 rings (SSSR count). The fourth-order valence-corrected chi connectivity index (χ4v) is 3.72. The number of primary amides is 1. The largest absolute Gasteiger partial charge is 0.366 e. The first kappa shape index (κ1) is 18.1. The Balaban J connectivity index is 1.58. The first-order valence-electron chi connectivity index (χ1n) is 8.47. The summed E-state index contributed by atoms with van der Waals surface area (Å²) in [6, 6.07) is 6.56. The van der Waals surface area contributed by atoms with Gasteiger partial charge in [0.25, 0.3) is 5.91 Å². The maximum Gasteiger partial charge on any atom is 0.250 e. The van der Waals surface area contributed by atoms with Crippen LogP contribution in [0.25, 0.3) is 0 Å². The normalized spacial score (nSPS) is 14.2. The number of carbonyl (C=O) groups is 3. The Kier molecular flexibility index (Phi) is 5.62. The van der Waals surface area contributed by atoms with Gasteiger partial charge in [0.1, 0.15) is 0 Å². The van der Waals surface area contributed by atoms with E-state index in [0.29, 0.717) is 16.5 Å². The van der Waals surface area contributed by atoms with E-state index in [1.165, 1.54) is 11.3 Å². The number of amides is 3. The Morgan fingerprint density at radius 3 is 2.62 bits per heavy atom. The van der Waals surface area contributed by atoms with Gasteiger partial charge in [-0.1, -0.05) is 25.0 Å². The van der Waals surface area contributed by atoms with Crippen LogP contribution in [0.4, 0.5) is 10.8 Å². The van der Waals surface area contributed by atoms with E-state index in [4.69, 9.17) is 5.73 Å². The summed E-state index contributed by atoms with van der Waals surface area (Å²) in [5.74, 6) is -0.844. The van der Waals surface area contributed by atoms with Crippen LogP contribution in [0.5, 0.6) is 0 Å². The lowest BCUT2D eigenvalue weighted by Crippen LogP contribution is -2.20. The molecule has 1 fully saturated rings. The van der Waals surface area contributed by atoms with Crippen molar-refractivity contribution in [2.24, 2.45) is 11.7 Å². The van der Waals surface area contributed by atoms with Crippen LogP contribution in [-0.4, -0.2) is 22.7 Å². The van der Waals surface area contributed by atoms with E-state index in [1.807, 2.05) is 0 Å². The number of para-hydroxylation sites is 1. The summed E-state index contributed by atoms with van der Waals surface area (Å²) in [4.78, 5) is 40.0. The molecule has 3 amide bonds. The van der Waals surface area contributed by atoms with E-state index in [2.05, 4.69) is 15.6 Å². The molecule has 0 aliphatic heterocycles. The SMILES string of the molecule is NC(=O)c1ccccc1NC(=O)Cc1csc(NC(=O)C2CCCC2)n1. The van der Waals surface area contributed by atoms with Crippen LogP contribution in [0.2, 0.25) is 0 Å². The number of carbonyl (C=O) groups excluding carboxylic acids is 3. The highest BCUT2D eigenvalue weighted by Crippen LogP contribution is 2.26. The number of rotatable bonds is 6. The second-order valence-corrected chi connectivity index (χ2v) is 7.11. The van der Waals surface area contributed by atoms with Crippen LogP contribution < -0.4 is 16.4 Å². The van der Waals surface area contributed by atoms with E-state index >= 15 is 0 Å². The summed E-state index contributed by atoms with van der Waals surface area (Å²) >= 11 is 1.30. The third-order valence-corrected chi connectivity index (χ3v) is 5.12. The molecule has 0 radical (unpaired) electrons. The van der Waals surface area contributed by atoms with E-state index < -0.39 is 5.91 Å². The lowest BCUT2D eigenvalue weighted by atomic mass is 10.1. The first-order chi connectivity index (χ1) is 12.5. The predicted octanol–water partition coefficient (Wildman–Crippen LogP) is 2.55. The van der Waals surface area contributed by atoms with Crippen LogP contribution in [-0.2, 0) is 16.0 Å². The van der Waals surface area contributed by atoms with Crippen LogP contribution >= 0.6 is 11.3 Å². The Bertz CT molecular complexity index is 827. The average molecular weight is 372 g/mol. The van der Waals surface area contributed by atoms with Gasteiger partial charge in [-0.25, -0.2) is 4.98 Å². The van der Waals surface area contributed by atoms with Crippen molar-refractivity contribution >= 4 is 39.9 Å². The molecule has 2 aromatic rings. The van der Waals surface area contributed by atoms with Crippen LogP contribution in [0, 0.1) is 5.92 Å². The molecule has 7 nitrogen and oxygen atoms in total. The summed E-state index contributed by atoms with van der Waals surface area (Å²) in [5.41, 5.74) is 6.49. The summed E-state index contributed by atoms with van der Waals surface area (Å²) in [6.07, 6.45) is 4.07. The fourth-order valence-electron chi connectivity index (χ4n) is 3.01. The summed E-state index contributed by atoms with van der Waals surface area (Å²) in [5, 5.41) is 7.74. The van der Waals surface area contributed by atoms with Crippen molar-refractivity contribution in [3.63, 3.8) is 0 Å². The highest BCUT2D eigenvalue weighted by molar-refractivity contribution is 7.13. The molecule has 4 N–H and O–H groups in total. The van der Waals surface area contributed by atoms with Gasteiger partial charge in [0, 0.05) is 11.3 Å². The summed E-state index contributed by atoms with van der Waals surface area (Å²) in [7, 11) is 0. The van der Waals surface area contributed by atoms with Crippen molar-refractivity contribution in [2.75, 3.05) is 10.6 Å². The van der Waals surface area contributed by atoms with E-state index in [-0.39, 0.29) is 29.7 Å². The minimum absolute atomic E-state index is 0.00300. The lowest BCUT2D eigenvalue weighted by Gasteiger charge is -2.08. The molecule has 0 saturated heterocycles. The molecular weight excluding hydrogens is 352 g/mol. The number of aromatic nitrogens is 1. The molecule has 1 aliphatic rings. The number of benzene rings is 1. The molecule has 26 heavy (non-hydrogen) atoms. The Morgan fingerprint density at radius 1 is 1.15 bits per heavy atom. The van der Waals surface area contributed by atoms with Gasteiger partial charge >= 0.3 is 0 Å². The molecule has 1 aromatic carbocycles. The molecule has 8 heteroatoms. The highest BCUT2D eigenvalue weighted by atomic mass is 32.1. The maximum absolute atomic E-state index is 12.2. The second-order valence-electron chi connectivity index (χ2n) is 6.25. The van der Waals surface area contributed by atoms with Gasteiger partial charge in [-0.15, -0.1) is 11.3 Å². The van der Waals surface area contributed by atoms with Gasteiger partial charge < -0.3 is 16.4 Å². The Hall–Kier alpha value is -2.74. The molecule has 1 heterocycles. The summed E-state index contributed by atoms with van der Waals surface area (Å²) in [6.45, 7) is 0. The third kappa shape index (κ3) is 4.45. The second kappa shape index (κ2) is 8.09. The minimum Gasteiger partial charge on any atom is -0.366 e. The van der Waals surface area contributed by atoms with Crippen molar-refractivity contribution in [3.05, 3.63) is 40.9 Å². The molecular formula is C18H20N4O3S. The van der Waals surface area contributed by atoms with Gasteiger partial charge in [0.15, 0.2) is 5.13 Å². The predicted molar refractivity (Wildman–Crippen MR) is 100.0 cm³/mol. The lowest BCUT2D eigenvalue weighted by molar-refractivity contribution is -0.119. The van der Waals surface area contributed by atoms with E-state index in [9.17, 15) is 14.4 Å². The molecule has 0 atom stereocenters. The third-order valence-electron chi connectivity index (χ3n) is 4.32. The van der Waals surface area contributed by atoms with Gasteiger partial charge in [0.2, 0.25) is 11.8 Å². The number of hydrogen-bond acceptors (Lipinski definition) is 5. The van der Waals surface area contributed by atoms with Crippen molar-refractivity contribution in [3.8, 4) is 0 Å². The van der Waals surface area contributed by atoms with E-state index in [0.717, 1.165) is 25.7 Å². The Morgan fingerprint density at radius 2 is 1.88 bits per heavy atom. The van der Waals surface area contributed by atoms with Gasteiger partial charge in [-0.05, 0) is 25.0 Å². The number of anilines is 2. The summed E-state index contributed by atoms with van der Waals surface area (Å²) < 4.78 is 0. The molecule has 1 aromatic heterocycles. The molecule has 0 unspecified atom stereocenters. The van der Waals surface area contributed by atoms with Crippen LogP contribution in [0.1, 0.15) is 41.7 Å². The van der Waals surface area contributed by atoms with Gasteiger partial charge in [0.05, 0.1) is 23.4 Å². The number of thiazole rings is 1. The number of nitrogens with one attached hydrogen (secondary N) is 2. The molecule has 0 spiro atoms. The van der Waals surface area contributed by atoms with Crippen LogP contribution in [0.15, 0.2) is 29.6 Å². The molecule has 1 saturated carbocycles. The topological polar surface area (TPSA) is 114 Å². The van der Waals surface area contributed by atoms with Crippen molar-refractivity contribution in [1.29, 1.82) is 0 Å². The molecule has 1 aliphatic carbocycles. The maximum atomic E-state index is 12.2. The number of nitrogens with zero attached hydrogens (tertiary/aromatic N) is 1. The molecule has 136 valence electrons. The number of nitrogens with two attached hydrogens (primary N) is 1. The van der Waals surface area contributed by atoms with Gasteiger partial charge in [-0.2, -0.15) is 0 Å². The molecule has 0 bridgehead atoms. The standard InChI is InChI=1S/C18H20N4O3S/c19-16(24)13-7-3-4-8-14(13)21-15(23)9-12-10-26-18(20-12)22-17(25)11-5-1-2-6-11/h3-4,7-8,10-11H,1-2,5-6,9H2,(H2,19,24)(H,21,23)(H,20,22,25). The van der Waals surface area contributed by atoms with Crippen molar-refractivity contribution in [1.82, 2.24) is 4.98 Å². The average Bonchev–Trinajstić information content (AvgIpc) is 3.27. The zero-order valence-corrected chi connectivity index (χ0v) is 15.0. The number of hydrogen-bond donors (Lipinski definition) is 3. The van der Waals surface area contributed by atoms with Crippen LogP contribution in [0.3, 0.4) is 0 Å². The highest BCUT2D eigenvalue weighted by Gasteiger charge is 2.23. The van der Waals surface area contributed by atoms with Crippen molar-refractivity contribution in [2.45, 2.75) is 32.1 Å². The van der Waals surface area contributed by atoms with Crippen molar-refractivity contribution < 1.29 is 14.4 Å².